The van der Waals surface area contributed by atoms with E-state index in [9.17, 15) is 21.6 Å². The maximum absolute atomic E-state index is 12.0. The summed E-state index contributed by atoms with van der Waals surface area (Å²) < 4.78 is 45.1. The van der Waals surface area contributed by atoms with Crippen molar-refractivity contribution < 1.29 is 21.6 Å². The summed E-state index contributed by atoms with van der Waals surface area (Å²) >= 11 is 3.16. The van der Waals surface area contributed by atoms with E-state index >= 15 is 0 Å². The summed E-state index contributed by atoms with van der Waals surface area (Å²) in [4.78, 5) is 11.8. The molecule has 10 heteroatoms. The summed E-state index contributed by atoms with van der Waals surface area (Å²) in [5.41, 5.74) is 0.632. The summed E-state index contributed by atoms with van der Waals surface area (Å²) in [6.07, 6.45) is 1.06. The molecule has 0 unspecified atom stereocenters. The molecular formula is C11H13BrClNO5S2. The van der Waals surface area contributed by atoms with Gasteiger partial charge in [-0.15, -0.1) is 0 Å². The highest BCUT2D eigenvalue weighted by Crippen LogP contribution is 2.26. The predicted octanol–water partition coefficient (Wildman–Crippen LogP) is 1.46. The van der Waals surface area contributed by atoms with E-state index in [0.29, 0.717) is 10.0 Å². The van der Waals surface area contributed by atoms with Crippen LogP contribution in [0.2, 0.25) is 0 Å². The van der Waals surface area contributed by atoms with Crippen LogP contribution in [0.3, 0.4) is 0 Å². The van der Waals surface area contributed by atoms with Gasteiger partial charge in [-0.2, -0.15) is 0 Å². The van der Waals surface area contributed by atoms with Crippen molar-refractivity contribution in [2.75, 3.05) is 18.6 Å². The molecule has 0 atom stereocenters. The van der Waals surface area contributed by atoms with E-state index in [2.05, 4.69) is 21.2 Å². The summed E-state index contributed by atoms with van der Waals surface area (Å²) in [6, 6.07) is 2.45. The minimum Gasteiger partial charge on any atom is -0.351 e. The first kappa shape index (κ1) is 18.4. The Bertz CT molecular complexity index is 774. The third kappa shape index (κ3) is 5.57. The molecule has 0 aromatic heterocycles. The van der Waals surface area contributed by atoms with E-state index in [1.807, 2.05) is 0 Å². The summed E-state index contributed by atoms with van der Waals surface area (Å²) in [7, 11) is -1.90. The van der Waals surface area contributed by atoms with Gasteiger partial charge in [0.15, 0.2) is 0 Å². The number of hydrogen-bond acceptors (Lipinski definition) is 5. The molecule has 6 nitrogen and oxygen atoms in total. The van der Waals surface area contributed by atoms with Gasteiger partial charge < -0.3 is 5.32 Å². The maximum Gasteiger partial charge on any atom is 0.261 e. The van der Waals surface area contributed by atoms with E-state index in [-0.39, 0.29) is 22.8 Å². The molecular weight excluding hydrogens is 406 g/mol. The van der Waals surface area contributed by atoms with E-state index in [1.54, 1.807) is 6.92 Å². The van der Waals surface area contributed by atoms with Gasteiger partial charge in [-0.05, 0) is 24.6 Å². The van der Waals surface area contributed by atoms with Crippen LogP contribution in [0, 0.1) is 6.92 Å². The van der Waals surface area contributed by atoms with Crippen LogP contribution < -0.4 is 5.32 Å². The molecule has 0 spiro atoms. The molecule has 1 rings (SSSR count). The van der Waals surface area contributed by atoms with Crippen molar-refractivity contribution in [3.8, 4) is 0 Å². The van der Waals surface area contributed by atoms with Crippen LogP contribution in [-0.2, 0) is 18.9 Å². The van der Waals surface area contributed by atoms with Crippen molar-refractivity contribution in [3.63, 3.8) is 0 Å². The monoisotopic (exact) mass is 417 g/mol. The zero-order valence-electron chi connectivity index (χ0n) is 11.2. The Labute approximate surface area is 136 Å². The Morgan fingerprint density at radius 2 is 1.86 bits per heavy atom. The number of sulfone groups is 1. The molecule has 0 fully saturated rings. The van der Waals surface area contributed by atoms with Crippen molar-refractivity contribution in [2.45, 2.75) is 11.8 Å². The summed E-state index contributed by atoms with van der Waals surface area (Å²) in [6.45, 7) is 1.56. The first-order chi connectivity index (χ1) is 9.42. The molecule has 21 heavy (non-hydrogen) atoms. The number of halogens is 2. The smallest absolute Gasteiger partial charge is 0.261 e. The van der Waals surface area contributed by atoms with Crippen molar-refractivity contribution in [2.24, 2.45) is 0 Å². The number of carbonyl (C=O) groups is 1. The summed E-state index contributed by atoms with van der Waals surface area (Å²) in [5.74, 6) is -0.772. The fourth-order valence-electron chi connectivity index (χ4n) is 1.48. The first-order valence-corrected chi connectivity index (χ1v) is 10.8. The number of nitrogens with one attached hydrogen (secondary N) is 1. The normalized spacial score (nSPS) is 12.2. The molecule has 1 amide bonds. The topological polar surface area (TPSA) is 97.4 Å². The number of carbonyl (C=O) groups excluding carboxylic acids is 1. The van der Waals surface area contributed by atoms with Crippen molar-refractivity contribution in [1.29, 1.82) is 0 Å². The molecule has 0 aliphatic rings. The van der Waals surface area contributed by atoms with E-state index in [4.69, 9.17) is 10.7 Å². The Balaban J connectivity index is 3.07. The molecule has 1 aromatic rings. The minimum atomic E-state index is -3.98. The Kier molecular flexibility index (Phi) is 5.82. The average molecular weight is 419 g/mol. The number of hydrogen-bond donors (Lipinski definition) is 1. The molecule has 0 bridgehead atoms. The van der Waals surface area contributed by atoms with Crippen LogP contribution in [0.1, 0.15) is 15.9 Å². The molecule has 0 heterocycles. The maximum atomic E-state index is 12.0. The molecule has 1 aromatic carbocycles. The van der Waals surface area contributed by atoms with Gasteiger partial charge in [0, 0.05) is 33.5 Å². The molecule has 0 saturated heterocycles. The fraction of sp³-hybridized carbons (Fsp3) is 0.364. The van der Waals surface area contributed by atoms with Crippen LogP contribution in [0.5, 0.6) is 0 Å². The second-order valence-corrected chi connectivity index (χ2v) is 10.1. The van der Waals surface area contributed by atoms with Gasteiger partial charge in [0.1, 0.15) is 9.84 Å². The van der Waals surface area contributed by atoms with Crippen molar-refractivity contribution in [3.05, 3.63) is 27.7 Å². The van der Waals surface area contributed by atoms with Crippen LogP contribution >= 0.6 is 26.6 Å². The highest BCUT2D eigenvalue weighted by Gasteiger charge is 2.18. The van der Waals surface area contributed by atoms with Crippen LogP contribution in [0.15, 0.2) is 21.5 Å². The van der Waals surface area contributed by atoms with E-state index in [0.717, 1.165) is 12.3 Å². The van der Waals surface area contributed by atoms with Crippen LogP contribution in [-0.4, -0.2) is 41.3 Å². The Morgan fingerprint density at radius 1 is 1.29 bits per heavy atom. The zero-order chi connectivity index (χ0) is 16.4. The first-order valence-electron chi connectivity index (χ1n) is 5.62. The molecule has 0 aliphatic carbocycles. The van der Waals surface area contributed by atoms with Crippen LogP contribution in [0.25, 0.3) is 0 Å². The fourth-order valence-corrected chi connectivity index (χ4v) is 3.34. The number of benzene rings is 1. The van der Waals surface area contributed by atoms with Gasteiger partial charge in [0.05, 0.1) is 10.6 Å². The van der Waals surface area contributed by atoms with Gasteiger partial charge in [-0.1, -0.05) is 15.9 Å². The van der Waals surface area contributed by atoms with E-state index < -0.39 is 24.8 Å². The molecule has 0 aliphatic heterocycles. The number of rotatable bonds is 5. The third-order valence-corrected chi connectivity index (χ3v) is 5.71. The van der Waals surface area contributed by atoms with Crippen molar-refractivity contribution >= 4 is 51.4 Å². The molecule has 0 radical (unpaired) electrons. The number of amides is 1. The highest BCUT2D eigenvalue weighted by molar-refractivity contribution is 9.10. The Morgan fingerprint density at radius 3 is 2.33 bits per heavy atom. The lowest BCUT2D eigenvalue weighted by atomic mass is 10.1. The van der Waals surface area contributed by atoms with Gasteiger partial charge in [0.2, 0.25) is 0 Å². The predicted molar refractivity (Wildman–Crippen MR) is 84.0 cm³/mol. The van der Waals surface area contributed by atoms with Crippen molar-refractivity contribution in [1.82, 2.24) is 5.32 Å². The SMILES string of the molecule is Cc1c(Br)cc(S(=O)(=O)Cl)cc1C(=O)NCCS(C)(=O)=O. The largest absolute Gasteiger partial charge is 0.351 e. The van der Waals surface area contributed by atoms with Gasteiger partial charge in [-0.25, -0.2) is 16.8 Å². The average Bonchev–Trinajstić information content (AvgIpc) is 2.29. The van der Waals surface area contributed by atoms with Gasteiger partial charge in [0.25, 0.3) is 15.0 Å². The lowest BCUT2D eigenvalue weighted by Crippen LogP contribution is -2.29. The second kappa shape index (κ2) is 6.64. The summed E-state index contributed by atoms with van der Waals surface area (Å²) in [5, 5.41) is 2.43. The zero-order valence-corrected chi connectivity index (χ0v) is 15.2. The lowest BCUT2D eigenvalue weighted by molar-refractivity contribution is 0.0955. The lowest BCUT2D eigenvalue weighted by Gasteiger charge is -2.10. The highest BCUT2D eigenvalue weighted by atomic mass is 79.9. The second-order valence-electron chi connectivity index (χ2n) is 4.40. The molecule has 118 valence electrons. The molecule has 0 saturated carbocycles. The standard InChI is InChI=1S/C11H13BrClNO5S2/c1-7-9(11(15)14-3-4-20(2,16)17)5-8(6-10(7)12)21(13,18)19/h5-6H,3-4H2,1-2H3,(H,14,15). The van der Waals surface area contributed by atoms with Gasteiger partial charge >= 0.3 is 0 Å². The quantitative estimate of drug-likeness (QED) is 0.730. The minimum absolute atomic E-state index is 0.0629. The third-order valence-electron chi connectivity index (χ3n) is 2.60. The Hall–Kier alpha value is -0.640. The van der Waals surface area contributed by atoms with E-state index in [1.165, 1.54) is 6.07 Å². The van der Waals surface area contributed by atoms with Gasteiger partial charge in [-0.3, -0.25) is 4.79 Å². The molecule has 1 N–H and O–H groups in total. The van der Waals surface area contributed by atoms with Crippen LogP contribution in [0.4, 0.5) is 0 Å².